The van der Waals surface area contributed by atoms with E-state index in [0.29, 0.717) is 25.6 Å². The monoisotopic (exact) mass is 589 g/mol. The van der Waals surface area contributed by atoms with Gasteiger partial charge in [0.05, 0.1) is 10.7 Å². The van der Waals surface area contributed by atoms with Crippen LogP contribution in [-0.4, -0.2) is 43.1 Å². The van der Waals surface area contributed by atoms with Crippen molar-refractivity contribution in [1.82, 2.24) is 0 Å². The predicted octanol–water partition coefficient (Wildman–Crippen LogP) is 1.71. The van der Waals surface area contributed by atoms with E-state index in [1.165, 1.54) is 44.7 Å². The van der Waals surface area contributed by atoms with E-state index in [-0.39, 0.29) is 29.6 Å². The maximum atomic E-state index is 11.5. The molecule has 0 bridgehead atoms. The minimum Gasteiger partial charge on any atom is -0.747 e. The van der Waals surface area contributed by atoms with Crippen molar-refractivity contribution in [3.63, 3.8) is 0 Å². The molecule has 0 aliphatic carbocycles. The minimum atomic E-state index is -4.60. The van der Waals surface area contributed by atoms with E-state index >= 15 is 0 Å². The van der Waals surface area contributed by atoms with Crippen LogP contribution in [-0.2, 0) is 20.2 Å². The summed E-state index contributed by atoms with van der Waals surface area (Å²) in [4.78, 5) is 4.34. The van der Waals surface area contributed by atoms with Crippen molar-refractivity contribution >= 4 is 77.4 Å². The summed E-state index contributed by atoms with van der Waals surface area (Å²) in [7, 11) is -9.14. The number of anilines is 2. The summed E-state index contributed by atoms with van der Waals surface area (Å²) in [6, 6.07) is 6.75. The van der Waals surface area contributed by atoms with Crippen LogP contribution < -0.4 is 39.4 Å². The molecule has 1 atom stereocenters. The summed E-state index contributed by atoms with van der Waals surface area (Å²) in [6.07, 6.45) is 1.66. The van der Waals surface area contributed by atoms with E-state index in [9.17, 15) is 25.9 Å². The first-order chi connectivity index (χ1) is 15.5. The number of thiophene rings is 1. The van der Waals surface area contributed by atoms with Crippen molar-refractivity contribution in [2.24, 2.45) is 0 Å². The first-order valence-corrected chi connectivity index (χ1v) is 15.0. The van der Waals surface area contributed by atoms with Crippen molar-refractivity contribution in [1.29, 1.82) is 0 Å². The Balaban J connectivity index is 0.00000110. The van der Waals surface area contributed by atoms with Crippen LogP contribution in [0.4, 0.5) is 10.7 Å². The molecule has 15 heteroatoms. The van der Waals surface area contributed by atoms with E-state index < -0.39 is 37.4 Å². The smallest absolute Gasteiger partial charge is 0.747 e. The van der Waals surface area contributed by atoms with Crippen LogP contribution >= 0.6 is 46.5 Å². The molecule has 0 radical (unpaired) electrons. The Kier molecular flexibility index (Phi) is 12.3. The number of hydrogen-bond donors (Lipinski definition) is 0. The van der Waals surface area contributed by atoms with Crippen LogP contribution in [0.3, 0.4) is 0 Å². The fraction of sp³-hybridized carbons (Fsp3) is 0.158. The van der Waals surface area contributed by atoms with Gasteiger partial charge in [0.25, 0.3) is 0 Å². The quantitative estimate of drug-likeness (QED) is 0.289. The molecule has 4 rings (SSSR count). The maximum Gasteiger partial charge on any atom is 1.00 e. The molecular formula is C19H19ClN2NaO6S5-. The molecule has 2 aliphatic heterocycles. The second-order valence-corrected chi connectivity index (χ2v) is 12.4. The fourth-order valence-corrected chi connectivity index (χ4v) is 8.18. The second kappa shape index (κ2) is 13.2. The van der Waals surface area contributed by atoms with Gasteiger partial charge in [0.2, 0.25) is 0 Å². The van der Waals surface area contributed by atoms with Gasteiger partial charge in [-0.25, -0.2) is 16.8 Å². The largest absolute Gasteiger partial charge is 1.00 e. The topological polar surface area (TPSA) is 121 Å². The third-order valence-electron chi connectivity index (χ3n) is 3.99. The van der Waals surface area contributed by atoms with Gasteiger partial charge in [0.1, 0.15) is 42.4 Å². The number of benzene rings is 1. The zero-order valence-electron chi connectivity index (χ0n) is 18.0. The molecule has 1 aromatic heterocycles. The predicted molar refractivity (Wildman–Crippen MR) is 136 cm³/mol. The first-order valence-electron chi connectivity index (χ1n) is 8.85. The van der Waals surface area contributed by atoms with Gasteiger partial charge in [0.15, 0.2) is 0 Å². The van der Waals surface area contributed by atoms with Crippen molar-refractivity contribution in [2.75, 3.05) is 21.6 Å². The summed E-state index contributed by atoms with van der Waals surface area (Å²) in [6.45, 7) is 12.0. The Morgan fingerprint density at radius 2 is 1.62 bits per heavy atom. The number of halogens is 1. The summed E-state index contributed by atoms with van der Waals surface area (Å²) in [5, 5.41) is 2.73. The Morgan fingerprint density at radius 3 is 2.21 bits per heavy atom. The summed E-state index contributed by atoms with van der Waals surface area (Å²) in [5.41, 5.74) is 0.480. The zero-order chi connectivity index (χ0) is 25.0. The van der Waals surface area contributed by atoms with Crippen molar-refractivity contribution in [2.45, 2.75) is 15.2 Å². The van der Waals surface area contributed by atoms with Crippen molar-refractivity contribution in [3.8, 4) is 0 Å². The molecular weight excluding hydrogens is 571 g/mol. The van der Waals surface area contributed by atoms with Crippen LogP contribution in [0.25, 0.3) is 0 Å². The van der Waals surface area contributed by atoms with Crippen molar-refractivity contribution < 1.29 is 55.5 Å². The van der Waals surface area contributed by atoms with Gasteiger partial charge in [-0.3, -0.25) is 0 Å². The number of thioether (sulfide) groups is 2. The normalized spacial score (nSPS) is 17.6. The van der Waals surface area contributed by atoms with E-state index in [4.69, 9.17) is 11.6 Å². The van der Waals surface area contributed by atoms with Crippen LogP contribution in [0, 0.1) is 0 Å². The van der Waals surface area contributed by atoms with E-state index in [2.05, 4.69) is 26.3 Å². The Morgan fingerprint density at radius 1 is 1.00 bits per heavy atom. The first kappa shape index (κ1) is 31.6. The van der Waals surface area contributed by atoms with Gasteiger partial charge in [-0.05, 0) is 35.7 Å². The molecule has 0 N–H and O–H groups in total. The number of hydrogen-bond acceptors (Lipinski definition) is 11. The third kappa shape index (κ3) is 8.03. The molecule has 0 saturated heterocycles. The maximum absolute atomic E-state index is 11.5. The molecule has 8 nitrogen and oxygen atoms in total. The van der Waals surface area contributed by atoms with Crippen molar-refractivity contribution in [3.05, 3.63) is 72.1 Å². The molecule has 0 fully saturated rings. The van der Waals surface area contributed by atoms with Gasteiger partial charge in [0, 0.05) is 14.8 Å². The molecule has 0 spiro atoms. The van der Waals surface area contributed by atoms with Crippen LogP contribution in [0.1, 0.15) is 0 Å². The minimum absolute atomic E-state index is 0. The third-order valence-corrected chi connectivity index (χ3v) is 8.82. The molecule has 1 unspecified atom stereocenters. The average Bonchev–Trinajstić information content (AvgIpc) is 3.40. The van der Waals surface area contributed by atoms with Gasteiger partial charge in [-0.15, -0.1) is 37.7 Å². The van der Waals surface area contributed by atoms with Gasteiger partial charge >= 0.3 is 29.6 Å². The van der Waals surface area contributed by atoms with Gasteiger partial charge in [-0.2, -0.15) is 0 Å². The Labute approximate surface area is 239 Å². The number of rotatable bonds is 5. The number of nitrogens with zero attached hydrogens (tertiary/aromatic N) is 2. The average molecular weight is 590 g/mol. The number of fused-ring (bicyclic) bond motifs is 2. The summed E-state index contributed by atoms with van der Waals surface area (Å²) < 4.78 is 68.5. The SMILES string of the molecule is C=C.C=C.O=S(=O)([O-])CN1C(=CC2Sc3ccsc3N2CS(=O)(=O)[O-])Sc2ccc(Cl)cc21.[Na+]. The summed E-state index contributed by atoms with van der Waals surface area (Å²) in [5.74, 6) is -1.51. The van der Waals surface area contributed by atoms with Crippen LogP contribution in [0.15, 0.2) is 76.9 Å². The van der Waals surface area contributed by atoms with E-state index in [0.717, 1.165) is 4.90 Å². The standard InChI is InChI=1S/C15H13ClN2O6S5.2C2H4.Na/c16-9-1-2-11-10(5-9)17(7-28(19,20)21)13(26-11)6-14-18(8-29(22,23)24)15-12(27-14)3-4-25-15;2*1-2;/h1-6,14H,7-8H2,(H,19,20,21)(H,22,23,24);2*1-2H2;/q;;;+1/p-2. The molecule has 3 heterocycles. The van der Waals surface area contributed by atoms with E-state index in [1.807, 2.05) is 6.07 Å². The molecule has 2 aliphatic rings. The second-order valence-electron chi connectivity index (χ2n) is 6.09. The molecule has 0 amide bonds. The van der Waals surface area contributed by atoms with Crippen LogP contribution in [0.2, 0.25) is 5.02 Å². The Hall–Kier alpha value is -0.450. The molecule has 180 valence electrons. The zero-order valence-corrected chi connectivity index (χ0v) is 24.9. The van der Waals surface area contributed by atoms with E-state index in [1.54, 1.807) is 29.7 Å². The fourth-order valence-electron chi connectivity index (χ4n) is 2.94. The molecule has 1 aromatic carbocycles. The summed E-state index contributed by atoms with van der Waals surface area (Å²) >= 11 is 9.92. The van der Waals surface area contributed by atoms with Gasteiger partial charge in [-0.1, -0.05) is 35.1 Å². The van der Waals surface area contributed by atoms with Crippen LogP contribution in [0.5, 0.6) is 0 Å². The van der Waals surface area contributed by atoms with Gasteiger partial charge < -0.3 is 18.9 Å². The Bertz CT molecular complexity index is 1250. The molecule has 0 saturated carbocycles. The molecule has 34 heavy (non-hydrogen) atoms. The molecule has 2 aromatic rings.